The average molecular weight is 279 g/mol. The van der Waals surface area contributed by atoms with Crippen LogP contribution in [-0.2, 0) is 7.05 Å². The second-order valence-corrected chi connectivity index (χ2v) is 6.20. The molecular formula is C15H25N3O2. The normalized spacial score (nSPS) is 16.1. The van der Waals surface area contributed by atoms with Crippen molar-refractivity contribution in [1.82, 2.24) is 9.78 Å². The Hall–Kier alpha value is -1.52. The number of aryl methyl sites for hydroxylation is 2. The summed E-state index contributed by atoms with van der Waals surface area (Å²) in [6.07, 6.45) is 4.77. The maximum Gasteiger partial charge on any atom is 0.341 e. The van der Waals surface area contributed by atoms with E-state index in [4.69, 9.17) is 0 Å². The summed E-state index contributed by atoms with van der Waals surface area (Å²) in [4.78, 5) is 13.9. The van der Waals surface area contributed by atoms with E-state index in [0.29, 0.717) is 23.2 Å². The third-order valence-electron chi connectivity index (χ3n) is 4.01. The Balaban J connectivity index is 2.44. The zero-order valence-corrected chi connectivity index (χ0v) is 12.9. The van der Waals surface area contributed by atoms with Crippen LogP contribution in [0.4, 0.5) is 5.82 Å². The lowest BCUT2D eigenvalue weighted by Crippen LogP contribution is -2.38. The number of carboxylic acids is 1. The third kappa shape index (κ3) is 2.81. The predicted octanol–water partition coefficient (Wildman–Crippen LogP) is 2.83. The molecule has 0 saturated heterocycles. The van der Waals surface area contributed by atoms with Crippen LogP contribution in [0, 0.1) is 12.8 Å². The molecule has 0 radical (unpaired) electrons. The van der Waals surface area contributed by atoms with E-state index in [1.165, 1.54) is 12.8 Å². The van der Waals surface area contributed by atoms with Gasteiger partial charge in [0.1, 0.15) is 11.4 Å². The van der Waals surface area contributed by atoms with E-state index in [-0.39, 0.29) is 0 Å². The van der Waals surface area contributed by atoms with E-state index in [0.717, 1.165) is 25.2 Å². The standard InChI is InChI=1S/C15H25N3O2/c1-10(2)9-18(12-7-5-6-8-12)14-13(15(19)20)11(3)16-17(14)4/h10,12H,5-9H2,1-4H3,(H,19,20). The van der Waals surface area contributed by atoms with Gasteiger partial charge in [-0.25, -0.2) is 4.79 Å². The van der Waals surface area contributed by atoms with Gasteiger partial charge >= 0.3 is 5.97 Å². The van der Waals surface area contributed by atoms with Crippen molar-refractivity contribution in [3.63, 3.8) is 0 Å². The predicted molar refractivity (Wildman–Crippen MR) is 79.3 cm³/mol. The van der Waals surface area contributed by atoms with Gasteiger partial charge in [0.2, 0.25) is 0 Å². The fourth-order valence-corrected chi connectivity index (χ4v) is 3.24. The number of anilines is 1. The van der Waals surface area contributed by atoms with Crippen LogP contribution >= 0.6 is 0 Å². The Morgan fingerprint density at radius 3 is 2.55 bits per heavy atom. The molecule has 1 aromatic rings. The van der Waals surface area contributed by atoms with Gasteiger partial charge in [-0.05, 0) is 25.7 Å². The van der Waals surface area contributed by atoms with Crippen molar-refractivity contribution in [1.29, 1.82) is 0 Å². The van der Waals surface area contributed by atoms with Crippen molar-refractivity contribution >= 4 is 11.8 Å². The largest absolute Gasteiger partial charge is 0.477 e. The molecule has 1 heterocycles. The minimum atomic E-state index is -0.877. The summed E-state index contributed by atoms with van der Waals surface area (Å²) in [5.41, 5.74) is 0.960. The summed E-state index contributed by atoms with van der Waals surface area (Å²) in [7, 11) is 1.84. The quantitative estimate of drug-likeness (QED) is 0.900. The monoisotopic (exact) mass is 279 g/mol. The van der Waals surface area contributed by atoms with Crippen LogP contribution in [0.3, 0.4) is 0 Å². The number of carbonyl (C=O) groups is 1. The molecular weight excluding hydrogens is 254 g/mol. The van der Waals surface area contributed by atoms with Crippen LogP contribution in [0.25, 0.3) is 0 Å². The first-order chi connectivity index (χ1) is 9.41. The van der Waals surface area contributed by atoms with E-state index in [1.54, 1.807) is 11.6 Å². The molecule has 0 spiro atoms. The van der Waals surface area contributed by atoms with Crippen LogP contribution < -0.4 is 4.90 Å². The maximum absolute atomic E-state index is 11.6. The van der Waals surface area contributed by atoms with Gasteiger partial charge in [0.05, 0.1) is 5.69 Å². The van der Waals surface area contributed by atoms with Crippen molar-refractivity contribution in [3.05, 3.63) is 11.3 Å². The first-order valence-corrected chi connectivity index (χ1v) is 7.45. The number of hydrogen-bond acceptors (Lipinski definition) is 3. The van der Waals surface area contributed by atoms with Gasteiger partial charge in [-0.15, -0.1) is 0 Å². The zero-order chi connectivity index (χ0) is 14.9. The summed E-state index contributed by atoms with van der Waals surface area (Å²) in [5.74, 6) is 0.389. The minimum Gasteiger partial charge on any atom is -0.477 e. The molecule has 20 heavy (non-hydrogen) atoms. The molecule has 1 aliphatic carbocycles. The Morgan fingerprint density at radius 1 is 1.45 bits per heavy atom. The Kier molecular flexibility index (Phi) is 4.35. The third-order valence-corrected chi connectivity index (χ3v) is 4.01. The SMILES string of the molecule is Cc1nn(C)c(N(CC(C)C)C2CCCC2)c1C(=O)O. The van der Waals surface area contributed by atoms with Crippen LogP contribution in [-0.4, -0.2) is 33.4 Å². The van der Waals surface area contributed by atoms with E-state index in [2.05, 4.69) is 23.8 Å². The summed E-state index contributed by atoms with van der Waals surface area (Å²) in [6, 6.07) is 0.449. The van der Waals surface area contributed by atoms with Gasteiger partial charge in [-0.1, -0.05) is 26.7 Å². The van der Waals surface area contributed by atoms with Gasteiger partial charge < -0.3 is 10.0 Å². The maximum atomic E-state index is 11.6. The number of rotatable bonds is 5. The lowest BCUT2D eigenvalue weighted by Gasteiger charge is -2.33. The van der Waals surface area contributed by atoms with Gasteiger partial charge in [0.15, 0.2) is 0 Å². The minimum absolute atomic E-state index is 0.361. The highest BCUT2D eigenvalue weighted by atomic mass is 16.4. The second kappa shape index (κ2) is 5.85. The fourth-order valence-electron chi connectivity index (χ4n) is 3.24. The number of carboxylic acid groups (broad SMARTS) is 1. The Morgan fingerprint density at radius 2 is 2.05 bits per heavy atom. The first kappa shape index (κ1) is 14.9. The molecule has 5 heteroatoms. The van der Waals surface area contributed by atoms with Crippen LogP contribution in [0.1, 0.15) is 55.6 Å². The summed E-state index contributed by atoms with van der Waals surface area (Å²) in [5, 5.41) is 13.8. The number of nitrogens with zero attached hydrogens (tertiary/aromatic N) is 3. The molecule has 0 bridgehead atoms. The molecule has 0 aromatic carbocycles. The van der Waals surface area contributed by atoms with E-state index in [9.17, 15) is 9.90 Å². The van der Waals surface area contributed by atoms with Gasteiger partial charge in [0, 0.05) is 19.6 Å². The highest BCUT2D eigenvalue weighted by Crippen LogP contribution is 2.32. The summed E-state index contributed by atoms with van der Waals surface area (Å²) in [6.45, 7) is 7.00. The van der Waals surface area contributed by atoms with Crippen molar-refractivity contribution in [2.45, 2.75) is 52.5 Å². The second-order valence-electron chi connectivity index (χ2n) is 6.20. The van der Waals surface area contributed by atoms with Gasteiger partial charge in [-0.3, -0.25) is 4.68 Å². The molecule has 1 fully saturated rings. The van der Waals surface area contributed by atoms with Crippen molar-refractivity contribution in [3.8, 4) is 0 Å². The molecule has 0 aliphatic heterocycles. The number of hydrogen-bond donors (Lipinski definition) is 1. The van der Waals surface area contributed by atoms with Crippen LogP contribution in [0.15, 0.2) is 0 Å². The lowest BCUT2D eigenvalue weighted by atomic mass is 10.1. The van der Waals surface area contributed by atoms with Gasteiger partial charge in [-0.2, -0.15) is 5.10 Å². The topological polar surface area (TPSA) is 58.4 Å². The zero-order valence-electron chi connectivity index (χ0n) is 12.9. The molecule has 1 aromatic heterocycles. The van der Waals surface area contributed by atoms with Crippen LogP contribution in [0.2, 0.25) is 0 Å². The smallest absolute Gasteiger partial charge is 0.341 e. The summed E-state index contributed by atoms with van der Waals surface area (Å²) >= 11 is 0. The summed E-state index contributed by atoms with van der Waals surface area (Å²) < 4.78 is 1.74. The lowest BCUT2D eigenvalue weighted by molar-refractivity contribution is 0.0696. The fraction of sp³-hybridized carbons (Fsp3) is 0.733. The molecule has 1 saturated carbocycles. The molecule has 2 rings (SSSR count). The average Bonchev–Trinajstić information content (AvgIpc) is 2.93. The number of aromatic carboxylic acids is 1. The van der Waals surface area contributed by atoms with Crippen molar-refractivity contribution < 1.29 is 9.90 Å². The van der Waals surface area contributed by atoms with Crippen molar-refractivity contribution in [2.24, 2.45) is 13.0 Å². The molecule has 0 atom stereocenters. The van der Waals surface area contributed by atoms with E-state index >= 15 is 0 Å². The molecule has 0 unspecified atom stereocenters. The highest BCUT2D eigenvalue weighted by molar-refractivity contribution is 5.95. The van der Waals surface area contributed by atoms with E-state index in [1.807, 2.05) is 7.05 Å². The molecule has 1 N–H and O–H groups in total. The number of aromatic nitrogens is 2. The molecule has 5 nitrogen and oxygen atoms in total. The molecule has 1 aliphatic rings. The van der Waals surface area contributed by atoms with Crippen molar-refractivity contribution in [2.75, 3.05) is 11.4 Å². The molecule has 112 valence electrons. The highest BCUT2D eigenvalue weighted by Gasteiger charge is 2.30. The van der Waals surface area contributed by atoms with E-state index < -0.39 is 5.97 Å². The molecule has 0 amide bonds. The Labute approximate surface area is 120 Å². The first-order valence-electron chi connectivity index (χ1n) is 7.45. The van der Waals surface area contributed by atoms with Crippen LogP contribution in [0.5, 0.6) is 0 Å². The Bertz CT molecular complexity index is 488. The van der Waals surface area contributed by atoms with Gasteiger partial charge in [0.25, 0.3) is 0 Å².